The van der Waals surface area contributed by atoms with E-state index < -0.39 is 11.9 Å². The third-order valence-electron chi connectivity index (χ3n) is 14.5. The molecule has 0 spiro atoms. The van der Waals surface area contributed by atoms with Crippen LogP contribution in [0.2, 0.25) is 0 Å². The summed E-state index contributed by atoms with van der Waals surface area (Å²) in [4.78, 5) is 26.8. The van der Waals surface area contributed by atoms with Crippen molar-refractivity contribution in [1.82, 2.24) is 20.2 Å². The van der Waals surface area contributed by atoms with Crippen molar-refractivity contribution < 1.29 is 24.2 Å². The highest BCUT2D eigenvalue weighted by Crippen LogP contribution is 2.75. The first-order chi connectivity index (χ1) is 21.6. The molecule has 1 aromatic rings. The van der Waals surface area contributed by atoms with Gasteiger partial charge in [-0.15, -0.1) is 5.10 Å². The molecule has 4 N–H and O–H groups in total. The lowest BCUT2D eigenvalue weighted by atomic mass is 9.34. The lowest BCUT2D eigenvalue weighted by Crippen LogP contribution is -2.69. The SMILES string of the molecule is CC(=O)Nc1nnn([C@@H]2C[C@@]34COC[C@@](C)([C@@H]3CC[C@H]3C4=CC[C@@]4(C)C(C(=O)O)[C@@](C)([C@H](C)C(C)C)CC[C@]34C)[C@H]2OCCN)n1. The third-order valence-corrected chi connectivity index (χ3v) is 14.5. The van der Waals surface area contributed by atoms with Gasteiger partial charge in [-0.3, -0.25) is 14.9 Å². The smallest absolute Gasteiger partial charge is 0.307 e. The number of nitrogens with zero attached hydrogens (tertiary/aromatic N) is 4. The molecule has 5 aliphatic rings. The predicted molar refractivity (Wildman–Crippen MR) is 174 cm³/mol. The monoisotopic (exact) mass is 640 g/mol. The standard InChI is InChI=1S/C35H56N6O5/c1-20(2)21(3)31(5)13-14-33(7)23-9-10-26-32(6)18-45-19-35(26,24(23)11-12-34(33,8)27(31)29(43)44)17-25(28(32)46-16-15-36)41-39-30(38-40-41)37-22(4)42/h11,20-21,23,25-28H,9-10,12-19,36H2,1-8H3,(H,43,44)(H,37,39,42)/t21-,23+,25-,26+,27?,28+,31-,32+,33-,34+,35+/m1/s1. The van der Waals surface area contributed by atoms with Gasteiger partial charge in [-0.1, -0.05) is 65.2 Å². The number of aromatic nitrogens is 4. The number of aliphatic carboxylic acids is 1. The van der Waals surface area contributed by atoms with E-state index in [2.05, 4.69) is 75.3 Å². The van der Waals surface area contributed by atoms with Crippen LogP contribution in [0.1, 0.15) is 100.0 Å². The topological polar surface area (TPSA) is 154 Å². The first-order valence-corrected chi connectivity index (χ1v) is 17.5. The number of nitrogens with two attached hydrogens (primary N) is 1. The summed E-state index contributed by atoms with van der Waals surface area (Å²) in [6, 6.07) is -0.235. The Hall–Kier alpha value is -2.37. The van der Waals surface area contributed by atoms with E-state index in [1.807, 2.05) is 0 Å². The summed E-state index contributed by atoms with van der Waals surface area (Å²) in [7, 11) is 0. The molecule has 256 valence electrons. The quantitative estimate of drug-likeness (QED) is 0.329. The van der Waals surface area contributed by atoms with Crippen LogP contribution in [0.25, 0.3) is 0 Å². The third kappa shape index (κ3) is 4.57. The van der Waals surface area contributed by atoms with Crippen LogP contribution in [0.15, 0.2) is 11.6 Å². The molecule has 1 amide bonds. The molecule has 1 aromatic heterocycles. The minimum absolute atomic E-state index is 0.170. The Morgan fingerprint density at radius 2 is 1.89 bits per heavy atom. The van der Waals surface area contributed by atoms with Crippen LogP contribution in [0.5, 0.6) is 0 Å². The highest BCUT2D eigenvalue weighted by Gasteiger charge is 2.72. The van der Waals surface area contributed by atoms with Crippen molar-refractivity contribution in [3.63, 3.8) is 0 Å². The zero-order valence-corrected chi connectivity index (χ0v) is 29.1. The van der Waals surface area contributed by atoms with Crippen molar-refractivity contribution in [3.05, 3.63) is 11.6 Å². The number of tetrazole rings is 1. The maximum Gasteiger partial charge on any atom is 0.307 e. The molecular formula is C35H56N6O5. The normalized spacial score (nSPS) is 44.0. The number of anilines is 1. The number of rotatable bonds is 8. The van der Waals surface area contributed by atoms with Crippen LogP contribution in [0, 0.1) is 56.7 Å². The molecule has 1 saturated heterocycles. The fourth-order valence-corrected chi connectivity index (χ4v) is 11.9. The van der Waals surface area contributed by atoms with Gasteiger partial charge in [-0.25, -0.2) is 0 Å². The van der Waals surface area contributed by atoms with E-state index in [1.165, 1.54) is 12.5 Å². The Labute approximate surface area is 273 Å². The van der Waals surface area contributed by atoms with Crippen LogP contribution in [0.4, 0.5) is 5.95 Å². The molecule has 2 heterocycles. The predicted octanol–water partition coefficient (Wildman–Crippen LogP) is 5.11. The number of ether oxygens (including phenoxy) is 2. The molecule has 6 rings (SSSR count). The summed E-state index contributed by atoms with van der Waals surface area (Å²) in [5, 5.41) is 26.9. The highest BCUT2D eigenvalue weighted by atomic mass is 16.5. The average Bonchev–Trinajstić information content (AvgIpc) is 3.43. The van der Waals surface area contributed by atoms with Crippen LogP contribution in [-0.2, 0) is 19.1 Å². The summed E-state index contributed by atoms with van der Waals surface area (Å²) in [6.07, 6.45) is 7.65. The van der Waals surface area contributed by atoms with Gasteiger partial charge in [0.15, 0.2) is 0 Å². The van der Waals surface area contributed by atoms with Crippen molar-refractivity contribution in [2.45, 2.75) is 106 Å². The first kappa shape index (κ1) is 33.5. The van der Waals surface area contributed by atoms with Crippen molar-refractivity contribution in [3.8, 4) is 0 Å². The molecule has 4 fully saturated rings. The molecule has 2 bridgehead atoms. The maximum absolute atomic E-state index is 13.4. The minimum atomic E-state index is -0.648. The van der Waals surface area contributed by atoms with Gasteiger partial charge in [0, 0.05) is 24.3 Å². The Bertz CT molecular complexity index is 1400. The molecule has 46 heavy (non-hydrogen) atoms. The summed E-state index contributed by atoms with van der Waals surface area (Å²) in [6.45, 7) is 19.4. The van der Waals surface area contributed by atoms with E-state index in [-0.39, 0.29) is 57.0 Å². The molecule has 0 radical (unpaired) electrons. The molecular weight excluding hydrogens is 584 g/mol. The second kappa shape index (κ2) is 11.4. The Kier molecular flexibility index (Phi) is 8.28. The number of carboxylic acid groups (broad SMARTS) is 1. The minimum Gasteiger partial charge on any atom is -0.481 e. The second-order valence-electron chi connectivity index (χ2n) is 16.8. The lowest BCUT2D eigenvalue weighted by molar-refractivity contribution is -0.250. The average molecular weight is 641 g/mol. The number of allylic oxidation sites excluding steroid dienone is 1. The van der Waals surface area contributed by atoms with E-state index >= 15 is 0 Å². The van der Waals surface area contributed by atoms with Crippen molar-refractivity contribution >= 4 is 17.8 Å². The summed E-state index contributed by atoms with van der Waals surface area (Å²) in [5.74, 6) is 0.137. The number of amides is 1. The number of hydrogen-bond acceptors (Lipinski definition) is 8. The Morgan fingerprint density at radius 3 is 2.54 bits per heavy atom. The summed E-state index contributed by atoms with van der Waals surface area (Å²) < 4.78 is 13.2. The van der Waals surface area contributed by atoms with Gasteiger partial charge in [0.2, 0.25) is 5.91 Å². The van der Waals surface area contributed by atoms with Crippen molar-refractivity contribution in [2.24, 2.45) is 62.4 Å². The molecule has 0 aromatic carbocycles. The van der Waals surface area contributed by atoms with Gasteiger partial charge in [-0.2, -0.15) is 4.80 Å². The van der Waals surface area contributed by atoms with Crippen LogP contribution < -0.4 is 11.1 Å². The molecule has 1 aliphatic heterocycles. The molecule has 11 atom stereocenters. The number of hydrogen-bond donors (Lipinski definition) is 3. The van der Waals surface area contributed by atoms with Gasteiger partial charge in [0.25, 0.3) is 5.95 Å². The molecule has 11 heteroatoms. The number of carbonyl (C=O) groups excluding carboxylic acids is 1. The Morgan fingerprint density at radius 1 is 1.15 bits per heavy atom. The lowest BCUT2D eigenvalue weighted by Gasteiger charge is -2.71. The number of fused-ring (bicyclic) bond motifs is 3. The molecule has 3 saturated carbocycles. The first-order valence-electron chi connectivity index (χ1n) is 17.5. The van der Waals surface area contributed by atoms with Gasteiger partial charge in [-0.05, 0) is 83.7 Å². The number of carbonyl (C=O) groups is 2. The molecule has 1 unspecified atom stereocenters. The zero-order chi connectivity index (χ0) is 33.4. The van der Waals surface area contributed by atoms with Crippen molar-refractivity contribution in [2.75, 3.05) is 31.7 Å². The Balaban J connectivity index is 1.45. The fourth-order valence-electron chi connectivity index (χ4n) is 11.9. The van der Waals surface area contributed by atoms with E-state index in [4.69, 9.17) is 15.2 Å². The fraction of sp³-hybridized carbons (Fsp3) is 0.857. The van der Waals surface area contributed by atoms with Gasteiger partial charge >= 0.3 is 5.97 Å². The molecule has 4 aliphatic carbocycles. The highest BCUT2D eigenvalue weighted by molar-refractivity contribution is 5.86. The van der Waals surface area contributed by atoms with E-state index in [0.717, 1.165) is 38.5 Å². The number of carboxylic acids is 1. The molecule has 11 nitrogen and oxygen atoms in total. The zero-order valence-electron chi connectivity index (χ0n) is 29.1. The van der Waals surface area contributed by atoms with Crippen LogP contribution >= 0.6 is 0 Å². The van der Waals surface area contributed by atoms with Gasteiger partial charge < -0.3 is 20.3 Å². The van der Waals surface area contributed by atoms with Gasteiger partial charge in [0.1, 0.15) is 6.04 Å². The van der Waals surface area contributed by atoms with E-state index in [0.29, 0.717) is 44.1 Å². The summed E-state index contributed by atoms with van der Waals surface area (Å²) in [5.41, 5.74) is 5.97. The second-order valence-corrected chi connectivity index (χ2v) is 16.8. The van der Waals surface area contributed by atoms with Crippen molar-refractivity contribution in [1.29, 1.82) is 0 Å². The number of nitrogens with one attached hydrogen (secondary N) is 1. The largest absolute Gasteiger partial charge is 0.481 e. The van der Waals surface area contributed by atoms with Crippen LogP contribution in [0.3, 0.4) is 0 Å². The van der Waals surface area contributed by atoms with Crippen LogP contribution in [-0.4, -0.2) is 69.7 Å². The van der Waals surface area contributed by atoms with Gasteiger partial charge in [0.05, 0.1) is 31.8 Å². The maximum atomic E-state index is 13.4. The summed E-state index contributed by atoms with van der Waals surface area (Å²) >= 11 is 0. The van der Waals surface area contributed by atoms with E-state index in [1.54, 1.807) is 4.80 Å². The van der Waals surface area contributed by atoms with E-state index in [9.17, 15) is 14.7 Å².